The number of ketones is 1. The first-order chi connectivity index (χ1) is 14.3. The summed E-state index contributed by atoms with van der Waals surface area (Å²) in [6.07, 6.45) is 0.502. The lowest BCUT2D eigenvalue weighted by Crippen LogP contribution is -2.44. The number of amidine groups is 1. The Balaban J connectivity index is 1.47. The van der Waals surface area contributed by atoms with E-state index in [1.807, 2.05) is 18.2 Å². The van der Waals surface area contributed by atoms with Crippen molar-refractivity contribution in [1.29, 1.82) is 0 Å². The maximum atomic E-state index is 12.9. The quantitative estimate of drug-likeness (QED) is 0.776. The molecular weight excluding hydrogens is 392 g/mol. The first-order valence-electron chi connectivity index (χ1n) is 9.86. The molecule has 2 N–H and O–H groups in total. The van der Waals surface area contributed by atoms with E-state index in [1.54, 1.807) is 6.92 Å². The van der Waals surface area contributed by atoms with Gasteiger partial charge in [-0.15, -0.1) is 0 Å². The fourth-order valence-electron chi connectivity index (χ4n) is 4.58. The zero-order chi connectivity index (χ0) is 21.1. The third kappa shape index (κ3) is 2.77. The molecule has 1 unspecified atom stereocenters. The molecule has 0 radical (unpaired) electrons. The van der Waals surface area contributed by atoms with E-state index in [9.17, 15) is 13.6 Å². The molecule has 1 atom stereocenters. The summed E-state index contributed by atoms with van der Waals surface area (Å²) in [5.74, 6) is 0.493. The highest BCUT2D eigenvalue weighted by molar-refractivity contribution is 5.97. The number of aliphatic imine (C=N–C) groups is 1. The molecule has 1 aromatic heterocycles. The fraction of sp³-hybridized carbons (Fsp3) is 0.409. The number of carbonyl (C=O) groups excluding carboxylic acids is 1. The summed E-state index contributed by atoms with van der Waals surface area (Å²) < 4.78 is 37.3. The van der Waals surface area contributed by atoms with Crippen LogP contribution in [0.3, 0.4) is 0 Å². The van der Waals surface area contributed by atoms with E-state index in [1.165, 1.54) is 6.07 Å². The van der Waals surface area contributed by atoms with E-state index < -0.39 is 12.0 Å². The van der Waals surface area contributed by atoms with Crippen LogP contribution in [0.25, 0.3) is 0 Å². The number of alkyl halides is 2. The molecule has 0 saturated heterocycles. The minimum atomic E-state index is -2.62. The largest absolute Gasteiger partial charge is 0.493 e. The van der Waals surface area contributed by atoms with Crippen LogP contribution in [0.5, 0.6) is 5.75 Å². The SMILES string of the molecule is Cc1cc(C(F)F)cnc1C(=O)Cc1ccc2c(c1)C1(COC(N)=N1)C1(CC1)CO2. The highest BCUT2D eigenvalue weighted by atomic mass is 19.3. The van der Waals surface area contributed by atoms with Crippen molar-refractivity contribution < 1.29 is 23.0 Å². The summed E-state index contributed by atoms with van der Waals surface area (Å²) >= 11 is 0. The topological polar surface area (TPSA) is 86.8 Å². The summed E-state index contributed by atoms with van der Waals surface area (Å²) in [6, 6.07) is 7.10. The van der Waals surface area contributed by atoms with Gasteiger partial charge < -0.3 is 15.2 Å². The molecule has 6 nitrogen and oxygen atoms in total. The minimum Gasteiger partial charge on any atom is -0.493 e. The van der Waals surface area contributed by atoms with Crippen LogP contribution in [0, 0.1) is 12.3 Å². The standard InChI is InChI=1S/C22H21F2N3O3/c1-12-6-14(19(23)24)9-26-18(12)16(28)8-13-2-3-17-15(7-13)22(11-30-20(25)27-22)21(4-5-21)10-29-17/h2-3,6-7,9,19H,4-5,8,10-11H2,1H3,(H2,25,27). The third-order valence-corrected chi connectivity index (χ3v) is 6.43. The van der Waals surface area contributed by atoms with Crippen molar-refractivity contribution >= 4 is 11.8 Å². The Labute approximate surface area is 172 Å². The molecule has 8 heteroatoms. The van der Waals surface area contributed by atoms with Crippen LogP contribution < -0.4 is 10.5 Å². The van der Waals surface area contributed by atoms with E-state index in [4.69, 9.17) is 15.2 Å². The molecule has 2 spiro atoms. The van der Waals surface area contributed by atoms with Crippen molar-refractivity contribution in [3.8, 4) is 5.75 Å². The number of rotatable bonds is 4. The van der Waals surface area contributed by atoms with Crippen LogP contribution in [-0.2, 0) is 16.7 Å². The Bertz CT molecular complexity index is 1080. The number of Topliss-reactive ketones (excluding diaryl/α,β-unsaturated/α-hetero) is 1. The first-order valence-corrected chi connectivity index (χ1v) is 9.86. The highest BCUT2D eigenvalue weighted by Gasteiger charge is 2.66. The molecule has 1 fully saturated rings. The number of pyridine rings is 1. The maximum Gasteiger partial charge on any atom is 0.283 e. The van der Waals surface area contributed by atoms with Crippen molar-refractivity contribution in [3.63, 3.8) is 0 Å². The van der Waals surface area contributed by atoms with Gasteiger partial charge in [0.1, 0.15) is 23.6 Å². The average molecular weight is 413 g/mol. The van der Waals surface area contributed by atoms with Gasteiger partial charge in [-0.3, -0.25) is 9.78 Å². The zero-order valence-corrected chi connectivity index (χ0v) is 16.5. The molecule has 0 amide bonds. The van der Waals surface area contributed by atoms with Gasteiger partial charge in [-0.2, -0.15) is 0 Å². The number of nitrogens with zero attached hydrogens (tertiary/aromatic N) is 2. The summed E-state index contributed by atoms with van der Waals surface area (Å²) in [5.41, 5.74) is 7.27. The molecule has 1 aliphatic carbocycles. The van der Waals surface area contributed by atoms with Gasteiger partial charge in [-0.05, 0) is 49.1 Å². The molecule has 156 valence electrons. The molecule has 0 bridgehead atoms. The zero-order valence-electron chi connectivity index (χ0n) is 16.5. The number of fused-ring (bicyclic) bond motifs is 3. The normalized spacial score (nSPS) is 23.1. The van der Waals surface area contributed by atoms with Crippen molar-refractivity contribution in [2.45, 2.75) is 38.2 Å². The average Bonchev–Trinajstić information content (AvgIpc) is 3.40. The van der Waals surface area contributed by atoms with Gasteiger partial charge in [-0.1, -0.05) is 6.07 Å². The van der Waals surface area contributed by atoms with E-state index in [0.29, 0.717) is 18.8 Å². The summed E-state index contributed by atoms with van der Waals surface area (Å²) in [4.78, 5) is 21.5. The van der Waals surface area contributed by atoms with Gasteiger partial charge in [0, 0.05) is 29.2 Å². The molecular formula is C22H21F2N3O3. The van der Waals surface area contributed by atoms with Gasteiger partial charge in [0.15, 0.2) is 5.78 Å². The predicted molar refractivity (Wildman–Crippen MR) is 105 cm³/mol. The second-order valence-corrected chi connectivity index (χ2v) is 8.33. The van der Waals surface area contributed by atoms with Gasteiger partial charge in [0.2, 0.25) is 0 Å². The number of hydrogen-bond donors (Lipinski definition) is 1. The number of nitrogens with two attached hydrogens (primary N) is 1. The van der Waals surface area contributed by atoms with Crippen molar-refractivity contribution in [2.75, 3.05) is 13.2 Å². The fourth-order valence-corrected chi connectivity index (χ4v) is 4.58. The molecule has 3 heterocycles. The molecule has 2 aliphatic heterocycles. The number of ether oxygens (including phenoxy) is 2. The molecule has 1 saturated carbocycles. The highest BCUT2D eigenvalue weighted by Crippen LogP contribution is 2.65. The maximum absolute atomic E-state index is 12.9. The van der Waals surface area contributed by atoms with E-state index in [2.05, 4.69) is 9.98 Å². The van der Waals surface area contributed by atoms with Crippen molar-refractivity contribution in [1.82, 2.24) is 4.98 Å². The van der Waals surface area contributed by atoms with Crippen LogP contribution in [-0.4, -0.2) is 30.0 Å². The lowest BCUT2D eigenvalue weighted by atomic mass is 9.74. The third-order valence-electron chi connectivity index (χ3n) is 6.43. The number of benzene rings is 1. The Kier molecular flexibility index (Phi) is 4.10. The molecule has 30 heavy (non-hydrogen) atoms. The Morgan fingerprint density at radius 1 is 1.23 bits per heavy atom. The van der Waals surface area contributed by atoms with Crippen molar-refractivity contribution in [2.24, 2.45) is 16.1 Å². The van der Waals surface area contributed by atoms with Crippen LogP contribution in [0.15, 0.2) is 35.5 Å². The number of aromatic nitrogens is 1. The second-order valence-electron chi connectivity index (χ2n) is 8.33. The number of carbonyl (C=O) groups is 1. The van der Waals surface area contributed by atoms with Crippen LogP contribution in [0.2, 0.25) is 0 Å². The Morgan fingerprint density at radius 2 is 2.03 bits per heavy atom. The van der Waals surface area contributed by atoms with Crippen molar-refractivity contribution in [3.05, 3.63) is 58.4 Å². The van der Waals surface area contributed by atoms with E-state index >= 15 is 0 Å². The summed E-state index contributed by atoms with van der Waals surface area (Å²) in [5, 5.41) is 0. The second kappa shape index (κ2) is 6.48. The number of aryl methyl sites for hydroxylation is 1. The van der Waals surface area contributed by atoms with Crippen LogP contribution in [0.1, 0.15) is 52.0 Å². The van der Waals surface area contributed by atoms with Crippen LogP contribution >= 0.6 is 0 Å². The van der Waals surface area contributed by atoms with E-state index in [-0.39, 0.29) is 34.9 Å². The molecule has 1 aromatic carbocycles. The smallest absolute Gasteiger partial charge is 0.283 e. The van der Waals surface area contributed by atoms with Gasteiger partial charge >= 0.3 is 0 Å². The van der Waals surface area contributed by atoms with E-state index in [0.717, 1.165) is 35.9 Å². The molecule has 5 rings (SSSR count). The van der Waals surface area contributed by atoms with Gasteiger partial charge in [0.05, 0.1) is 6.61 Å². The number of halogens is 2. The lowest BCUT2D eigenvalue weighted by molar-refractivity contribution is 0.0869. The van der Waals surface area contributed by atoms with Gasteiger partial charge in [0.25, 0.3) is 12.4 Å². The Hall–Kier alpha value is -3.03. The summed E-state index contributed by atoms with van der Waals surface area (Å²) in [7, 11) is 0. The monoisotopic (exact) mass is 413 g/mol. The minimum absolute atomic E-state index is 0.0955. The molecule has 2 aromatic rings. The number of hydrogen-bond acceptors (Lipinski definition) is 6. The van der Waals surface area contributed by atoms with Crippen LogP contribution in [0.4, 0.5) is 8.78 Å². The predicted octanol–water partition coefficient (Wildman–Crippen LogP) is 3.47. The molecule has 3 aliphatic rings. The lowest BCUT2D eigenvalue weighted by Gasteiger charge is -2.39. The Morgan fingerprint density at radius 3 is 2.67 bits per heavy atom. The summed E-state index contributed by atoms with van der Waals surface area (Å²) in [6.45, 7) is 2.55. The van der Waals surface area contributed by atoms with Gasteiger partial charge in [-0.25, -0.2) is 13.8 Å². The first kappa shape index (κ1) is 19.0.